The van der Waals surface area contributed by atoms with E-state index in [1.807, 2.05) is 43.3 Å². The molecule has 0 unspecified atom stereocenters. The Morgan fingerprint density at radius 1 is 1.18 bits per heavy atom. The van der Waals surface area contributed by atoms with Crippen molar-refractivity contribution in [3.63, 3.8) is 0 Å². The van der Waals surface area contributed by atoms with Gasteiger partial charge < -0.3 is 19.4 Å². The molecule has 3 rings (SSSR count). The number of carbonyl (C=O) groups excluding carboxylic acids is 1. The van der Waals surface area contributed by atoms with E-state index in [-0.39, 0.29) is 17.2 Å². The summed E-state index contributed by atoms with van der Waals surface area (Å²) in [5.41, 5.74) is 1.04. The molecule has 1 heterocycles. The van der Waals surface area contributed by atoms with Crippen LogP contribution in [0.1, 0.15) is 22.2 Å². The second-order valence-electron chi connectivity index (χ2n) is 6.58. The van der Waals surface area contributed by atoms with Crippen molar-refractivity contribution >= 4 is 28.5 Å². The minimum Gasteiger partial charge on any atom is -0.497 e. The predicted octanol–water partition coefficient (Wildman–Crippen LogP) is 3.49. The minimum absolute atomic E-state index is 0.0351. The van der Waals surface area contributed by atoms with Crippen LogP contribution in [0.2, 0.25) is 5.02 Å². The topological polar surface area (TPSA) is 71.8 Å². The number of methoxy groups -OCH3 is 1. The van der Waals surface area contributed by atoms with Crippen molar-refractivity contribution in [1.82, 2.24) is 10.2 Å². The van der Waals surface area contributed by atoms with E-state index < -0.39 is 5.91 Å². The van der Waals surface area contributed by atoms with Gasteiger partial charge in [0.15, 0.2) is 11.2 Å². The van der Waals surface area contributed by atoms with Crippen molar-refractivity contribution in [3.8, 4) is 5.75 Å². The Morgan fingerprint density at radius 2 is 1.89 bits per heavy atom. The summed E-state index contributed by atoms with van der Waals surface area (Å²) in [5, 5.41) is 3.62. The zero-order valence-corrected chi connectivity index (χ0v) is 16.6. The number of halogens is 1. The maximum Gasteiger partial charge on any atom is 0.287 e. The number of benzene rings is 2. The normalized spacial score (nSPS) is 12.2. The van der Waals surface area contributed by atoms with Crippen molar-refractivity contribution in [2.24, 2.45) is 0 Å². The van der Waals surface area contributed by atoms with Crippen molar-refractivity contribution in [2.45, 2.75) is 6.04 Å². The lowest BCUT2D eigenvalue weighted by molar-refractivity contribution is 0.0914. The fraction of sp³-hybridized carbons (Fsp3) is 0.238. The van der Waals surface area contributed by atoms with Gasteiger partial charge in [0.2, 0.25) is 0 Å². The van der Waals surface area contributed by atoms with Crippen LogP contribution in [-0.2, 0) is 0 Å². The lowest BCUT2D eigenvalue weighted by atomic mass is 10.1. The number of nitrogens with one attached hydrogen (secondary N) is 1. The van der Waals surface area contributed by atoms with Gasteiger partial charge in [0.1, 0.15) is 11.3 Å². The molecule has 0 spiro atoms. The Bertz CT molecular complexity index is 1040. The van der Waals surface area contributed by atoms with Gasteiger partial charge in [0.05, 0.1) is 18.5 Å². The van der Waals surface area contributed by atoms with Gasteiger partial charge in [-0.2, -0.15) is 0 Å². The predicted molar refractivity (Wildman–Crippen MR) is 109 cm³/mol. The first-order valence-corrected chi connectivity index (χ1v) is 9.09. The average molecular weight is 401 g/mol. The number of fused-ring (bicyclic) bond motifs is 1. The number of hydrogen-bond acceptors (Lipinski definition) is 5. The van der Waals surface area contributed by atoms with Crippen LogP contribution in [0.15, 0.2) is 57.7 Å². The van der Waals surface area contributed by atoms with Crippen LogP contribution < -0.4 is 15.5 Å². The molecule has 6 nitrogen and oxygen atoms in total. The van der Waals surface area contributed by atoms with Crippen molar-refractivity contribution in [3.05, 3.63) is 75.1 Å². The average Bonchev–Trinajstić information content (AvgIpc) is 2.68. The molecule has 0 aliphatic carbocycles. The smallest absolute Gasteiger partial charge is 0.287 e. The van der Waals surface area contributed by atoms with Crippen LogP contribution in [-0.4, -0.2) is 38.6 Å². The number of rotatable bonds is 6. The molecule has 0 aliphatic heterocycles. The summed E-state index contributed by atoms with van der Waals surface area (Å²) in [4.78, 5) is 26.8. The molecule has 7 heteroatoms. The summed E-state index contributed by atoms with van der Waals surface area (Å²) in [7, 11) is 5.48. The Morgan fingerprint density at radius 3 is 2.54 bits per heavy atom. The van der Waals surface area contributed by atoms with E-state index >= 15 is 0 Å². The molecule has 3 aromatic rings. The zero-order valence-electron chi connectivity index (χ0n) is 15.9. The highest BCUT2D eigenvalue weighted by atomic mass is 35.5. The van der Waals surface area contributed by atoms with E-state index in [0.717, 1.165) is 11.3 Å². The Labute approximate surface area is 167 Å². The molecule has 2 aromatic carbocycles. The monoisotopic (exact) mass is 400 g/mol. The highest BCUT2D eigenvalue weighted by Gasteiger charge is 2.18. The van der Waals surface area contributed by atoms with Crippen LogP contribution in [0.4, 0.5) is 0 Å². The summed E-state index contributed by atoms with van der Waals surface area (Å²) in [6.07, 6.45) is 0. The van der Waals surface area contributed by atoms with E-state index in [4.69, 9.17) is 20.8 Å². The van der Waals surface area contributed by atoms with Crippen LogP contribution in [0, 0.1) is 0 Å². The van der Waals surface area contributed by atoms with E-state index in [1.54, 1.807) is 19.2 Å². The summed E-state index contributed by atoms with van der Waals surface area (Å²) in [6.45, 7) is 0.348. The van der Waals surface area contributed by atoms with E-state index in [0.29, 0.717) is 22.5 Å². The Balaban J connectivity index is 1.78. The summed E-state index contributed by atoms with van der Waals surface area (Å²) >= 11 is 5.91. The van der Waals surface area contributed by atoms with Gasteiger partial charge in [-0.05, 0) is 50.0 Å². The SMILES string of the molecule is COc1ccc([C@H](CNC(=O)c2cc(=O)c3cc(Cl)ccc3o2)N(C)C)cc1. The van der Waals surface area contributed by atoms with E-state index in [2.05, 4.69) is 5.32 Å². The third-order valence-electron chi connectivity index (χ3n) is 4.49. The van der Waals surface area contributed by atoms with Crippen molar-refractivity contribution in [2.75, 3.05) is 27.7 Å². The van der Waals surface area contributed by atoms with Crippen LogP contribution in [0.3, 0.4) is 0 Å². The second-order valence-corrected chi connectivity index (χ2v) is 7.01. The van der Waals surface area contributed by atoms with E-state index in [9.17, 15) is 9.59 Å². The largest absolute Gasteiger partial charge is 0.497 e. The van der Waals surface area contributed by atoms with Gasteiger partial charge >= 0.3 is 0 Å². The van der Waals surface area contributed by atoms with Crippen LogP contribution in [0.25, 0.3) is 11.0 Å². The van der Waals surface area contributed by atoms with Crippen molar-refractivity contribution < 1.29 is 13.9 Å². The lowest BCUT2D eigenvalue weighted by Crippen LogP contribution is -2.34. The summed E-state index contributed by atoms with van der Waals surface area (Å²) in [5.74, 6) is 0.282. The maximum absolute atomic E-state index is 12.6. The summed E-state index contributed by atoms with van der Waals surface area (Å²) < 4.78 is 10.8. The van der Waals surface area contributed by atoms with E-state index in [1.165, 1.54) is 12.1 Å². The quantitative estimate of drug-likeness (QED) is 0.685. The molecule has 1 aromatic heterocycles. The molecule has 1 atom stereocenters. The number of ether oxygens (including phenoxy) is 1. The van der Waals surface area contributed by atoms with Crippen molar-refractivity contribution in [1.29, 1.82) is 0 Å². The van der Waals surface area contributed by atoms with Crippen LogP contribution in [0.5, 0.6) is 5.75 Å². The second kappa shape index (κ2) is 8.46. The molecule has 28 heavy (non-hydrogen) atoms. The lowest BCUT2D eigenvalue weighted by Gasteiger charge is -2.25. The Kier molecular flexibility index (Phi) is 6.02. The van der Waals surface area contributed by atoms with Gasteiger partial charge in [0.25, 0.3) is 5.91 Å². The third-order valence-corrected chi connectivity index (χ3v) is 4.73. The molecule has 0 aliphatic rings. The molecule has 1 N–H and O–H groups in total. The highest BCUT2D eigenvalue weighted by molar-refractivity contribution is 6.31. The number of nitrogens with zero attached hydrogens (tertiary/aromatic N) is 1. The molecule has 1 amide bonds. The molecule has 0 saturated heterocycles. The van der Waals surface area contributed by atoms with Gasteiger partial charge in [-0.15, -0.1) is 0 Å². The third kappa shape index (κ3) is 4.35. The minimum atomic E-state index is -0.450. The van der Waals surface area contributed by atoms with Gasteiger partial charge in [-0.25, -0.2) is 0 Å². The molecule has 0 saturated carbocycles. The first kappa shape index (κ1) is 19.9. The van der Waals surface area contributed by atoms with Gasteiger partial charge in [-0.1, -0.05) is 23.7 Å². The Hall–Kier alpha value is -2.83. The molecule has 0 fully saturated rings. The molecule has 0 radical (unpaired) electrons. The van der Waals surface area contributed by atoms with Gasteiger partial charge in [0, 0.05) is 17.6 Å². The fourth-order valence-corrected chi connectivity index (χ4v) is 3.11. The number of hydrogen-bond donors (Lipinski definition) is 1. The molecular formula is C21H21ClN2O4. The number of likely N-dealkylation sites (N-methyl/N-ethyl adjacent to an activating group) is 1. The fourth-order valence-electron chi connectivity index (χ4n) is 2.94. The summed E-state index contributed by atoms with van der Waals surface area (Å²) in [6, 6.07) is 13.5. The highest BCUT2D eigenvalue weighted by Crippen LogP contribution is 2.21. The van der Waals surface area contributed by atoms with Crippen LogP contribution >= 0.6 is 11.6 Å². The molecule has 146 valence electrons. The number of carbonyl (C=O) groups is 1. The molecular weight excluding hydrogens is 380 g/mol. The van der Waals surface area contributed by atoms with Gasteiger partial charge in [-0.3, -0.25) is 9.59 Å². The number of amides is 1. The first-order valence-electron chi connectivity index (χ1n) is 8.71. The maximum atomic E-state index is 12.6. The molecule has 0 bridgehead atoms. The zero-order chi connectivity index (χ0) is 20.3. The first-order chi connectivity index (χ1) is 13.4. The standard InChI is InChI=1S/C21H21ClN2O4/c1-24(2)17(13-4-7-15(27-3)8-5-13)12-23-21(26)20-11-18(25)16-10-14(22)6-9-19(16)28-20/h4-11,17H,12H2,1-3H3,(H,23,26)/t17-/m0/s1.